The van der Waals surface area contributed by atoms with E-state index in [0.29, 0.717) is 19.4 Å². The Labute approximate surface area is 77.3 Å². The van der Waals surface area contributed by atoms with E-state index in [1.54, 1.807) is 7.05 Å². The van der Waals surface area contributed by atoms with Crippen molar-refractivity contribution in [1.82, 2.24) is 9.80 Å². The minimum atomic E-state index is -0.170. The first kappa shape index (κ1) is 11.6. The van der Waals surface area contributed by atoms with E-state index < -0.39 is 0 Å². The van der Waals surface area contributed by atoms with Gasteiger partial charge in [-0.2, -0.15) is 0 Å². The molecule has 0 aromatic rings. The molecule has 0 atom stereocenters. The summed E-state index contributed by atoms with van der Waals surface area (Å²) in [5.41, 5.74) is 0. The maximum Gasteiger partial charge on any atom is 0.241 e. The number of likely N-dealkylation sites (N-methyl/N-ethyl adjacent to an activating group) is 2. The lowest BCUT2D eigenvalue weighted by Crippen LogP contribution is -2.36. The van der Waals surface area contributed by atoms with Crippen molar-refractivity contribution in [2.75, 3.05) is 27.2 Å². The highest BCUT2D eigenvalue weighted by molar-refractivity contribution is 5.79. The van der Waals surface area contributed by atoms with E-state index in [2.05, 4.69) is 0 Å². The first-order valence-electron chi connectivity index (χ1n) is 3.95. The van der Waals surface area contributed by atoms with Crippen molar-refractivity contribution in [3.05, 3.63) is 0 Å². The molecule has 0 spiro atoms. The van der Waals surface area contributed by atoms with Crippen molar-refractivity contribution in [1.29, 1.82) is 0 Å². The summed E-state index contributed by atoms with van der Waals surface area (Å²) in [5, 5.41) is 0. The van der Waals surface area contributed by atoms with Crippen LogP contribution < -0.4 is 0 Å². The molecule has 0 saturated heterocycles. The molecular formula is C8H14N2O3. The topological polar surface area (TPSA) is 57.7 Å². The molecule has 0 heterocycles. The lowest BCUT2D eigenvalue weighted by molar-refractivity contribution is -0.134. The summed E-state index contributed by atoms with van der Waals surface area (Å²) in [6.07, 6.45) is 1.67. The molecule has 0 unspecified atom stereocenters. The number of rotatable bonds is 6. The van der Waals surface area contributed by atoms with Crippen molar-refractivity contribution in [3.63, 3.8) is 0 Å². The normalized spacial score (nSPS) is 9.08. The standard InChI is InChI=1S/C8H14N2O3/c1-9(7-12)6-8(13)10(2)4-3-5-11/h5,7H,3-4,6H2,1-2H3. The molecule has 2 amide bonds. The van der Waals surface area contributed by atoms with Crippen LogP contribution in [0, 0.1) is 0 Å². The lowest BCUT2D eigenvalue weighted by Gasteiger charge is -2.18. The summed E-state index contributed by atoms with van der Waals surface area (Å²) in [7, 11) is 3.13. The van der Waals surface area contributed by atoms with Gasteiger partial charge in [-0.1, -0.05) is 0 Å². The third kappa shape index (κ3) is 4.95. The van der Waals surface area contributed by atoms with Crippen LogP contribution in [0.2, 0.25) is 0 Å². The summed E-state index contributed by atoms with van der Waals surface area (Å²) >= 11 is 0. The van der Waals surface area contributed by atoms with Gasteiger partial charge < -0.3 is 14.6 Å². The van der Waals surface area contributed by atoms with Crippen LogP contribution in [-0.2, 0) is 14.4 Å². The molecule has 5 nitrogen and oxygen atoms in total. The van der Waals surface area contributed by atoms with Crippen molar-refractivity contribution in [2.24, 2.45) is 0 Å². The second-order valence-corrected chi connectivity index (χ2v) is 2.79. The molecule has 0 bridgehead atoms. The van der Waals surface area contributed by atoms with Gasteiger partial charge in [0.2, 0.25) is 12.3 Å². The zero-order valence-electron chi connectivity index (χ0n) is 7.90. The number of nitrogens with zero attached hydrogens (tertiary/aromatic N) is 2. The van der Waals surface area contributed by atoms with Crippen LogP contribution >= 0.6 is 0 Å². The summed E-state index contributed by atoms with van der Waals surface area (Å²) in [4.78, 5) is 34.1. The maximum atomic E-state index is 11.2. The van der Waals surface area contributed by atoms with Crippen LogP contribution in [-0.4, -0.2) is 55.6 Å². The molecule has 0 aromatic carbocycles. The largest absolute Gasteiger partial charge is 0.344 e. The van der Waals surface area contributed by atoms with Crippen LogP contribution in [0.1, 0.15) is 6.42 Å². The van der Waals surface area contributed by atoms with E-state index >= 15 is 0 Å². The quantitative estimate of drug-likeness (QED) is 0.506. The number of hydrogen-bond donors (Lipinski definition) is 0. The summed E-state index contributed by atoms with van der Waals surface area (Å²) in [6, 6.07) is 0. The average Bonchev–Trinajstić information content (AvgIpc) is 2.13. The zero-order valence-corrected chi connectivity index (χ0v) is 7.90. The molecule has 0 fully saturated rings. The van der Waals surface area contributed by atoms with Gasteiger partial charge in [0.1, 0.15) is 6.29 Å². The van der Waals surface area contributed by atoms with Gasteiger partial charge in [0.15, 0.2) is 0 Å². The second kappa shape index (κ2) is 6.16. The van der Waals surface area contributed by atoms with Crippen LogP contribution in [0.3, 0.4) is 0 Å². The zero-order chi connectivity index (χ0) is 10.3. The Bertz CT molecular complexity index is 194. The second-order valence-electron chi connectivity index (χ2n) is 2.79. The fourth-order valence-electron chi connectivity index (χ4n) is 0.742. The van der Waals surface area contributed by atoms with E-state index in [9.17, 15) is 14.4 Å². The molecule has 0 aliphatic rings. The number of carbonyl (C=O) groups excluding carboxylic acids is 3. The molecule has 13 heavy (non-hydrogen) atoms. The van der Waals surface area contributed by atoms with Gasteiger partial charge in [-0.3, -0.25) is 9.59 Å². The molecule has 0 rings (SSSR count). The third-order valence-electron chi connectivity index (χ3n) is 1.57. The highest BCUT2D eigenvalue weighted by Gasteiger charge is 2.09. The number of aldehydes is 1. The monoisotopic (exact) mass is 186 g/mol. The Morgan fingerprint density at radius 1 is 1.31 bits per heavy atom. The van der Waals surface area contributed by atoms with Crippen LogP contribution in [0.5, 0.6) is 0 Å². The predicted molar refractivity (Wildman–Crippen MR) is 47.0 cm³/mol. The van der Waals surface area contributed by atoms with Crippen molar-refractivity contribution in [3.8, 4) is 0 Å². The number of carbonyl (C=O) groups is 3. The molecule has 0 aliphatic heterocycles. The molecular weight excluding hydrogens is 172 g/mol. The van der Waals surface area contributed by atoms with E-state index in [1.807, 2.05) is 0 Å². The smallest absolute Gasteiger partial charge is 0.241 e. The van der Waals surface area contributed by atoms with Crippen LogP contribution in [0.15, 0.2) is 0 Å². The Balaban J connectivity index is 3.81. The number of hydrogen-bond acceptors (Lipinski definition) is 3. The van der Waals surface area contributed by atoms with Crippen molar-refractivity contribution in [2.45, 2.75) is 6.42 Å². The van der Waals surface area contributed by atoms with Crippen molar-refractivity contribution >= 4 is 18.6 Å². The summed E-state index contributed by atoms with van der Waals surface area (Å²) in [5.74, 6) is -0.170. The molecule has 0 saturated carbocycles. The molecule has 0 N–H and O–H groups in total. The Hall–Kier alpha value is -1.39. The van der Waals surface area contributed by atoms with E-state index in [4.69, 9.17) is 0 Å². The van der Waals surface area contributed by atoms with Gasteiger partial charge in [-0.05, 0) is 0 Å². The highest BCUT2D eigenvalue weighted by atomic mass is 16.2. The Morgan fingerprint density at radius 2 is 1.92 bits per heavy atom. The van der Waals surface area contributed by atoms with E-state index in [-0.39, 0.29) is 12.5 Å². The van der Waals surface area contributed by atoms with Gasteiger partial charge in [0, 0.05) is 27.1 Å². The fourth-order valence-corrected chi connectivity index (χ4v) is 0.742. The van der Waals surface area contributed by atoms with Gasteiger partial charge in [-0.15, -0.1) is 0 Å². The van der Waals surface area contributed by atoms with Crippen LogP contribution in [0.25, 0.3) is 0 Å². The summed E-state index contributed by atoms with van der Waals surface area (Å²) < 4.78 is 0. The highest BCUT2D eigenvalue weighted by Crippen LogP contribution is 1.88. The van der Waals surface area contributed by atoms with E-state index in [1.165, 1.54) is 16.8 Å². The summed E-state index contributed by atoms with van der Waals surface area (Å²) in [6.45, 7) is 0.452. The molecule has 5 heteroatoms. The molecule has 0 aromatic heterocycles. The fraction of sp³-hybridized carbons (Fsp3) is 0.625. The third-order valence-corrected chi connectivity index (χ3v) is 1.57. The first-order chi connectivity index (χ1) is 6.11. The predicted octanol–water partition coefficient (Wildman–Crippen LogP) is -0.878. The molecule has 0 aliphatic carbocycles. The van der Waals surface area contributed by atoms with Gasteiger partial charge in [-0.25, -0.2) is 0 Å². The van der Waals surface area contributed by atoms with E-state index in [0.717, 1.165) is 6.29 Å². The lowest BCUT2D eigenvalue weighted by atomic mass is 10.4. The average molecular weight is 186 g/mol. The van der Waals surface area contributed by atoms with Crippen molar-refractivity contribution < 1.29 is 14.4 Å². The van der Waals surface area contributed by atoms with Gasteiger partial charge >= 0.3 is 0 Å². The minimum absolute atomic E-state index is 0.0544. The maximum absolute atomic E-state index is 11.2. The minimum Gasteiger partial charge on any atom is -0.344 e. The SMILES string of the molecule is CN(C=O)CC(=O)N(C)CCC=O. The molecule has 74 valence electrons. The van der Waals surface area contributed by atoms with Gasteiger partial charge in [0.05, 0.1) is 6.54 Å². The van der Waals surface area contributed by atoms with Crippen LogP contribution in [0.4, 0.5) is 0 Å². The molecule has 0 radical (unpaired) electrons. The van der Waals surface area contributed by atoms with Gasteiger partial charge in [0.25, 0.3) is 0 Å². The first-order valence-corrected chi connectivity index (χ1v) is 3.95. The number of amides is 2. The Kier molecular flexibility index (Phi) is 5.50. The Morgan fingerprint density at radius 3 is 2.38 bits per heavy atom.